The van der Waals surface area contributed by atoms with Crippen molar-refractivity contribution in [1.82, 2.24) is 30.7 Å². The molecule has 0 radical (unpaired) electrons. The van der Waals surface area contributed by atoms with Crippen LogP contribution in [0.3, 0.4) is 0 Å². The number of carbonyl (C=O) groups is 8. The second kappa shape index (κ2) is 14.0. The lowest BCUT2D eigenvalue weighted by Crippen LogP contribution is -2.88. The number of β-lactam (4-membered cyclic amide) rings is 1. The van der Waals surface area contributed by atoms with Crippen LogP contribution < -0.4 is 16.0 Å². The SMILES string of the molecule is CCN1CCN(C(=O)NC(C(=O)N[C@H]2C(=O)N3C(C(=O)OC(C)(C)C)=C(COC(C)=O)C[S+]([O-])C23NC=O)c2ccccc2)C(=O)C1=O. The number of benzene rings is 1. The van der Waals surface area contributed by atoms with E-state index in [4.69, 9.17) is 9.47 Å². The zero-order valence-corrected chi connectivity index (χ0v) is 27.7. The van der Waals surface area contributed by atoms with Gasteiger partial charge in [0.1, 0.15) is 29.7 Å². The third-order valence-corrected chi connectivity index (χ3v) is 9.44. The minimum Gasteiger partial charge on any atom is -0.613 e. The summed E-state index contributed by atoms with van der Waals surface area (Å²) in [7, 11) is 0. The number of nitrogens with one attached hydrogen (secondary N) is 3. The standard InChI is InChI=1S/C30H36N6O11S/c1-6-34-12-13-35(26(42)25(34)41)28(44)32-20(18-10-8-7-9-11-18)23(39)33-22-24(40)36-21(27(43)47-29(3,4)5)19(14-46-17(2)38)15-48(45)30(22,36)31-16-37/h7-11,16,20,22H,6,12-15H2,1-5H3,(H,31,37)(H,32,44)(H,33,39)/t20?,22-,30?,48?/m0/s1. The Labute approximate surface area is 278 Å². The number of hydrogen-bond donors (Lipinski definition) is 3. The smallest absolute Gasteiger partial charge is 0.356 e. The first kappa shape index (κ1) is 35.9. The van der Waals surface area contributed by atoms with Gasteiger partial charge in [-0.15, -0.1) is 0 Å². The van der Waals surface area contributed by atoms with Crippen LogP contribution >= 0.6 is 0 Å². The highest BCUT2D eigenvalue weighted by Crippen LogP contribution is 2.45. The molecule has 1 aromatic rings. The van der Waals surface area contributed by atoms with E-state index < -0.39 is 93.5 Å². The Morgan fingerprint density at radius 1 is 1.10 bits per heavy atom. The van der Waals surface area contributed by atoms with Crippen molar-refractivity contribution >= 4 is 59.2 Å². The molecule has 18 heteroatoms. The molecule has 0 aliphatic carbocycles. The van der Waals surface area contributed by atoms with Gasteiger partial charge >= 0.3 is 34.8 Å². The minimum absolute atomic E-state index is 0.0176. The van der Waals surface area contributed by atoms with Gasteiger partial charge in [0.15, 0.2) is 0 Å². The average molecular weight is 689 g/mol. The van der Waals surface area contributed by atoms with E-state index in [0.29, 0.717) is 4.90 Å². The Morgan fingerprint density at radius 3 is 2.35 bits per heavy atom. The molecular weight excluding hydrogens is 652 g/mol. The molecule has 3 aliphatic heterocycles. The molecule has 258 valence electrons. The summed E-state index contributed by atoms with van der Waals surface area (Å²) in [5, 5.41) is 7.21. The topological polar surface area (TPSA) is 224 Å². The molecule has 4 atom stereocenters. The lowest BCUT2D eigenvalue weighted by molar-refractivity contribution is -0.166. The average Bonchev–Trinajstić information content (AvgIpc) is 3.02. The summed E-state index contributed by atoms with van der Waals surface area (Å²) in [6, 6.07) is 3.45. The van der Waals surface area contributed by atoms with Crippen molar-refractivity contribution < 1.29 is 52.4 Å². The summed E-state index contributed by atoms with van der Waals surface area (Å²) < 4.78 is 24.3. The second-order valence-corrected chi connectivity index (χ2v) is 13.5. The van der Waals surface area contributed by atoms with Gasteiger partial charge in [-0.05, 0) is 33.3 Å². The van der Waals surface area contributed by atoms with E-state index in [2.05, 4.69) is 16.0 Å². The molecule has 2 fully saturated rings. The molecule has 3 heterocycles. The van der Waals surface area contributed by atoms with Crippen LogP contribution in [0.5, 0.6) is 0 Å². The van der Waals surface area contributed by atoms with Crippen molar-refractivity contribution in [2.75, 3.05) is 32.0 Å². The number of amides is 7. The van der Waals surface area contributed by atoms with E-state index >= 15 is 0 Å². The normalized spacial score (nSPS) is 23.0. The van der Waals surface area contributed by atoms with Crippen LogP contribution in [0.15, 0.2) is 41.6 Å². The van der Waals surface area contributed by atoms with E-state index in [1.807, 2.05) is 0 Å². The molecule has 0 saturated carbocycles. The van der Waals surface area contributed by atoms with Gasteiger partial charge in [-0.1, -0.05) is 30.3 Å². The minimum atomic E-state index is -2.24. The van der Waals surface area contributed by atoms with Crippen LogP contribution in [-0.2, 0) is 54.2 Å². The highest BCUT2D eigenvalue weighted by Gasteiger charge is 2.74. The maximum atomic E-state index is 13.9. The fourth-order valence-electron chi connectivity index (χ4n) is 5.39. The molecule has 1 aromatic carbocycles. The lowest BCUT2D eigenvalue weighted by atomic mass is 9.96. The number of imide groups is 1. The molecule has 17 nitrogen and oxygen atoms in total. The van der Waals surface area contributed by atoms with E-state index in [0.717, 1.165) is 11.8 Å². The summed E-state index contributed by atoms with van der Waals surface area (Å²) >= 11 is -2.24. The first-order valence-corrected chi connectivity index (χ1v) is 16.2. The van der Waals surface area contributed by atoms with E-state index in [1.165, 1.54) is 17.0 Å². The Morgan fingerprint density at radius 2 is 1.77 bits per heavy atom. The number of carbonyl (C=O) groups excluding carboxylic acids is 8. The highest BCUT2D eigenvalue weighted by molar-refractivity contribution is 7.93. The van der Waals surface area contributed by atoms with Gasteiger partial charge in [0, 0.05) is 43.3 Å². The summed E-state index contributed by atoms with van der Waals surface area (Å²) in [6.07, 6.45) is 0.148. The van der Waals surface area contributed by atoms with Crippen molar-refractivity contribution in [3.8, 4) is 0 Å². The molecule has 3 unspecified atom stereocenters. The summed E-state index contributed by atoms with van der Waals surface area (Å²) in [5.41, 5.74) is -1.27. The molecule has 4 rings (SSSR count). The van der Waals surface area contributed by atoms with Crippen molar-refractivity contribution in [1.29, 1.82) is 0 Å². The van der Waals surface area contributed by atoms with Crippen LogP contribution in [0.2, 0.25) is 0 Å². The largest absolute Gasteiger partial charge is 0.613 e. The molecular formula is C30H36N6O11S. The number of hydrogen-bond acceptors (Lipinski definition) is 11. The Kier molecular flexibility index (Phi) is 10.5. The number of fused-ring (bicyclic) bond motifs is 1. The van der Waals surface area contributed by atoms with Gasteiger partial charge in [-0.3, -0.25) is 39.0 Å². The zero-order chi connectivity index (χ0) is 35.6. The molecule has 0 aromatic heterocycles. The molecule has 3 aliphatic rings. The van der Waals surface area contributed by atoms with E-state index in [9.17, 15) is 42.9 Å². The number of nitrogens with zero attached hydrogens (tertiary/aromatic N) is 3. The number of rotatable bonds is 10. The first-order chi connectivity index (χ1) is 22.6. The fraction of sp³-hybridized carbons (Fsp3) is 0.467. The second-order valence-electron chi connectivity index (χ2n) is 11.9. The van der Waals surface area contributed by atoms with E-state index in [-0.39, 0.29) is 37.2 Å². The van der Waals surface area contributed by atoms with Gasteiger partial charge in [-0.2, -0.15) is 0 Å². The van der Waals surface area contributed by atoms with Crippen molar-refractivity contribution in [2.45, 2.75) is 57.3 Å². The molecule has 2 saturated heterocycles. The van der Waals surface area contributed by atoms with Gasteiger partial charge in [0.25, 0.3) is 5.91 Å². The van der Waals surface area contributed by atoms with Crippen LogP contribution in [0, 0.1) is 0 Å². The molecule has 3 N–H and O–H groups in total. The van der Waals surface area contributed by atoms with E-state index in [1.54, 1.807) is 45.9 Å². The fourth-order valence-corrected chi connectivity index (χ4v) is 7.13. The number of piperazine rings is 1. The van der Waals surface area contributed by atoms with Gasteiger partial charge in [0.2, 0.25) is 18.4 Å². The maximum Gasteiger partial charge on any atom is 0.356 e. The summed E-state index contributed by atoms with van der Waals surface area (Å²) in [5.74, 6) is -6.16. The van der Waals surface area contributed by atoms with Crippen molar-refractivity contribution in [2.24, 2.45) is 0 Å². The van der Waals surface area contributed by atoms with Crippen LogP contribution in [0.25, 0.3) is 0 Å². The zero-order valence-electron chi connectivity index (χ0n) is 26.9. The number of esters is 2. The predicted octanol–water partition coefficient (Wildman–Crippen LogP) is -1.22. The van der Waals surface area contributed by atoms with Gasteiger partial charge < -0.3 is 29.6 Å². The van der Waals surface area contributed by atoms with Crippen LogP contribution in [0.1, 0.15) is 46.2 Å². The number of ether oxygens (including phenoxy) is 2. The van der Waals surface area contributed by atoms with Gasteiger partial charge in [0.05, 0.1) is 0 Å². The van der Waals surface area contributed by atoms with Crippen LogP contribution in [0.4, 0.5) is 4.79 Å². The first-order valence-electron chi connectivity index (χ1n) is 14.9. The molecule has 0 spiro atoms. The Hall–Kier alpha value is -4.97. The number of likely N-dealkylation sites (N-methyl/N-ethyl adjacent to an activating group) is 1. The Bertz CT molecular complexity index is 1560. The quantitative estimate of drug-likeness (QED) is 0.0868. The third-order valence-electron chi connectivity index (χ3n) is 7.59. The van der Waals surface area contributed by atoms with Crippen molar-refractivity contribution in [3.05, 3.63) is 47.2 Å². The predicted molar refractivity (Wildman–Crippen MR) is 165 cm³/mol. The molecule has 7 amide bonds. The molecule has 0 bridgehead atoms. The van der Waals surface area contributed by atoms with Gasteiger partial charge in [-0.25, -0.2) is 14.5 Å². The summed E-state index contributed by atoms with van der Waals surface area (Å²) in [6.45, 7) is 7.21. The highest BCUT2D eigenvalue weighted by atomic mass is 32.2. The lowest BCUT2D eigenvalue weighted by Gasteiger charge is -2.57. The Balaban J connectivity index is 1.67. The molecule has 48 heavy (non-hydrogen) atoms. The summed E-state index contributed by atoms with van der Waals surface area (Å²) in [4.78, 5) is 103. The maximum absolute atomic E-state index is 13.9. The number of urea groups is 1. The van der Waals surface area contributed by atoms with Crippen molar-refractivity contribution in [3.63, 3.8) is 0 Å². The monoisotopic (exact) mass is 688 g/mol. The third kappa shape index (κ3) is 6.84. The van der Waals surface area contributed by atoms with Crippen LogP contribution in [-0.4, -0.2) is 116 Å².